The van der Waals surface area contributed by atoms with E-state index in [0.29, 0.717) is 12.8 Å². The molecule has 0 aromatic rings. The summed E-state index contributed by atoms with van der Waals surface area (Å²) >= 11 is 1.83. The first kappa shape index (κ1) is 11.6. The fourth-order valence-corrected chi connectivity index (χ4v) is 2.88. The van der Waals surface area contributed by atoms with E-state index < -0.39 is 11.5 Å². The predicted octanol–water partition coefficient (Wildman–Crippen LogP) is 0.798. The van der Waals surface area contributed by atoms with Crippen molar-refractivity contribution in [2.45, 2.75) is 37.3 Å². The van der Waals surface area contributed by atoms with Crippen LogP contribution >= 0.6 is 11.8 Å². The highest BCUT2D eigenvalue weighted by Gasteiger charge is 2.51. The number of carbonyl (C=O) groups is 2. The van der Waals surface area contributed by atoms with Crippen LogP contribution < -0.4 is 10.6 Å². The zero-order chi connectivity index (χ0) is 11.6. The summed E-state index contributed by atoms with van der Waals surface area (Å²) in [6.07, 6.45) is 3.17. The fraction of sp³-hybridized carbons (Fsp3) is 0.800. The van der Waals surface area contributed by atoms with Gasteiger partial charge in [-0.15, -0.1) is 0 Å². The molecule has 1 saturated heterocycles. The van der Waals surface area contributed by atoms with Crippen molar-refractivity contribution in [3.8, 4) is 0 Å². The maximum Gasteiger partial charge on any atom is 0.329 e. The summed E-state index contributed by atoms with van der Waals surface area (Å²) in [7, 11) is 0. The van der Waals surface area contributed by atoms with Crippen molar-refractivity contribution in [3.05, 3.63) is 0 Å². The Labute approximate surface area is 98.4 Å². The molecular weight excluding hydrogens is 228 g/mol. The number of urea groups is 1. The Morgan fingerprint density at radius 1 is 1.38 bits per heavy atom. The van der Waals surface area contributed by atoms with E-state index in [9.17, 15) is 9.59 Å². The van der Waals surface area contributed by atoms with Gasteiger partial charge >= 0.3 is 12.0 Å². The van der Waals surface area contributed by atoms with Crippen molar-refractivity contribution < 1.29 is 14.7 Å². The first-order valence-corrected chi connectivity index (χ1v) is 6.68. The molecule has 6 heteroatoms. The minimum atomic E-state index is -0.980. The van der Waals surface area contributed by atoms with E-state index in [2.05, 4.69) is 10.6 Å². The van der Waals surface area contributed by atoms with Crippen LogP contribution in [0.5, 0.6) is 0 Å². The van der Waals surface area contributed by atoms with Crippen LogP contribution in [-0.4, -0.2) is 40.2 Å². The van der Waals surface area contributed by atoms with Gasteiger partial charge in [-0.3, -0.25) is 0 Å². The van der Waals surface area contributed by atoms with Crippen LogP contribution in [0.25, 0.3) is 0 Å². The minimum Gasteiger partial charge on any atom is -0.480 e. The SMILES string of the molecule is O=C(NC1CCCSC1)NC1(C(=O)O)CC1. The third-order valence-corrected chi connectivity index (χ3v) is 4.22. The summed E-state index contributed by atoms with van der Waals surface area (Å²) in [6, 6.07) is -0.157. The maximum atomic E-state index is 11.6. The molecule has 3 N–H and O–H groups in total. The Morgan fingerprint density at radius 2 is 2.12 bits per heavy atom. The summed E-state index contributed by atoms with van der Waals surface area (Å²) in [5, 5.41) is 14.3. The zero-order valence-electron chi connectivity index (χ0n) is 8.99. The van der Waals surface area contributed by atoms with Crippen LogP contribution in [0.3, 0.4) is 0 Å². The van der Waals surface area contributed by atoms with E-state index in [1.54, 1.807) is 0 Å². The van der Waals surface area contributed by atoms with Crippen LogP contribution in [-0.2, 0) is 4.79 Å². The molecule has 0 aromatic carbocycles. The lowest BCUT2D eigenvalue weighted by Crippen LogP contribution is -2.51. The number of thioether (sulfide) groups is 1. The molecule has 16 heavy (non-hydrogen) atoms. The highest BCUT2D eigenvalue weighted by molar-refractivity contribution is 7.99. The van der Waals surface area contributed by atoms with Crippen molar-refractivity contribution in [1.82, 2.24) is 10.6 Å². The molecule has 1 unspecified atom stereocenters. The molecule has 0 spiro atoms. The summed E-state index contributed by atoms with van der Waals surface area (Å²) < 4.78 is 0. The van der Waals surface area contributed by atoms with Crippen molar-refractivity contribution >= 4 is 23.8 Å². The Balaban J connectivity index is 1.78. The Morgan fingerprint density at radius 3 is 2.62 bits per heavy atom. The molecule has 1 atom stereocenters. The van der Waals surface area contributed by atoms with Gasteiger partial charge in [-0.2, -0.15) is 11.8 Å². The summed E-state index contributed by atoms with van der Waals surface area (Å²) in [5.41, 5.74) is -0.980. The van der Waals surface area contributed by atoms with Crippen LogP contribution in [0, 0.1) is 0 Å². The first-order valence-electron chi connectivity index (χ1n) is 5.52. The number of nitrogens with one attached hydrogen (secondary N) is 2. The number of aliphatic carboxylic acids is 1. The van der Waals surface area contributed by atoms with Gasteiger partial charge in [0.15, 0.2) is 0 Å². The second-order valence-corrected chi connectivity index (χ2v) is 5.55. The van der Waals surface area contributed by atoms with Crippen molar-refractivity contribution in [1.29, 1.82) is 0 Å². The molecule has 0 radical (unpaired) electrons. The van der Waals surface area contributed by atoms with Gasteiger partial charge in [0.1, 0.15) is 5.54 Å². The molecule has 5 nitrogen and oxygen atoms in total. The molecule has 90 valence electrons. The van der Waals surface area contributed by atoms with Crippen molar-refractivity contribution in [2.24, 2.45) is 0 Å². The molecule has 1 aliphatic carbocycles. The van der Waals surface area contributed by atoms with Gasteiger partial charge in [-0.05, 0) is 31.4 Å². The second kappa shape index (κ2) is 4.53. The standard InChI is InChI=1S/C10H16N2O3S/c13-8(14)10(3-4-10)12-9(15)11-7-2-1-5-16-6-7/h7H,1-6H2,(H,13,14)(H2,11,12,15). The second-order valence-electron chi connectivity index (χ2n) is 4.40. The highest BCUT2D eigenvalue weighted by atomic mass is 32.2. The smallest absolute Gasteiger partial charge is 0.329 e. The van der Waals surface area contributed by atoms with E-state index in [-0.39, 0.29) is 12.1 Å². The van der Waals surface area contributed by atoms with Gasteiger partial charge in [0.25, 0.3) is 0 Å². The average Bonchev–Trinajstić information content (AvgIpc) is 3.00. The number of carbonyl (C=O) groups excluding carboxylic acids is 1. The predicted molar refractivity (Wildman–Crippen MR) is 61.6 cm³/mol. The van der Waals surface area contributed by atoms with Crippen molar-refractivity contribution in [2.75, 3.05) is 11.5 Å². The third kappa shape index (κ3) is 2.61. The topological polar surface area (TPSA) is 78.4 Å². The molecule has 2 rings (SSSR count). The fourth-order valence-electron chi connectivity index (χ4n) is 1.81. The Hall–Kier alpha value is -0.910. The van der Waals surface area contributed by atoms with E-state index >= 15 is 0 Å². The third-order valence-electron chi connectivity index (χ3n) is 3.01. The zero-order valence-corrected chi connectivity index (χ0v) is 9.81. The van der Waals surface area contributed by atoms with Crippen LogP contribution in [0.15, 0.2) is 0 Å². The Bertz CT molecular complexity index is 298. The van der Waals surface area contributed by atoms with Crippen molar-refractivity contribution in [3.63, 3.8) is 0 Å². The van der Waals surface area contributed by atoms with Crippen LogP contribution in [0.2, 0.25) is 0 Å². The van der Waals surface area contributed by atoms with E-state index in [4.69, 9.17) is 5.11 Å². The molecular formula is C10H16N2O3S. The molecule has 2 amide bonds. The number of rotatable bonds is 3. The van der Waals surface area contributed by atoms with Gasteiger partial charge < -0.3 is 15.7 Å². The summed E-state index contributed by atoms with van der Waals surface area (Å²) in [4.78, 5) is 22.4. The quantitative estimate of drug-likeness (QED) is 0.686. The first-order chi connectivity index (χ1) is 7.62. The lowest BCUT2D eigenvalue weighted by atomic mass is 10.2. The molecule has 1 heterocycles. The van der Waals surface area contributed by atoms with E-state index in [1.165, 1.54) is 0 Å². The van der Waals surface area contributed by atoms with Gasteiger partial charge in [0.2, 0.25) is 0 Å². The molecule has 0 bridgehead atoms. The highest BCUT2D eigenvalue weighted by Crippen LogP contribution is 2.35. The molecule has 1 aliphatic heterocycles. The lowest BCUT2D eigenvalue weighted by Gasteiger charge is -2.23. The van der Waals surface area contributed by atoms with Gasteiger partial charge in [0, 0.05) is 11.8 Å². The van der Waals surface area contributed by atoms with Crippen LogP contribution in [0.4, 0.5) is 4.79 Å². The number of hydrogen-bond donors (Lipinski definition) is 3. The molecule has 0 aromatic heterocycles. The van der Waals surface area contributed by atoms with E-state index in [0.717, 1.165) is 24.3 Å². The summed E-state index contributed by atoms with van der Waals surface area (Å²) in [5.74, 6) is 1.15. The monoisotopic (exact) mass is 244 g/mol. The number of carboxylic acids is 1. The van der Waals surface area contributed by atoms with Crippen LogP contribution in [0.1, 0.15) is 25.7 Å². The maximum absolute atomic E-state index is 11.6. The van der Waals surface area contributed by atoms with Gasteiger partial charge in [-0.25, -0.2) is 9.59 Å². The number of carboxylic acid groups (broad SMARTS) is 1. The van der Waals surface area contributed by atoms with Gasteiger partial charge in [0.05, 0.1) is 0 Å². The van der Waals surface area contributed by atoms with E-state index in [1.807, 2.05) is 11.8 Å². The Kier molecular flexibility index (Phi) is 3.28. The molecule has 1 saturated carbocycles. The molecule has 2 aliphatic rings. The average molecular weight is 244 g/mol. The normalized spacial score (nSPS) is 26.9. The number of hydrogen-bond acceptors (Lipinski definition) is 3. The molecule has 2 fully saturated rings. The number of amides is 2. The minimum absolute atomic E-state index is 0.184. The largest absolute Gasteiger partial charge is 0.480 e. The lowest BCUT2D eigenvalue weighted by molar-refractivity contribution is -0.140. The van der Waals surface area contributed by atoms with Gasteiger partial charge in [-0.1, -0.05) is 0 Å². The summed E-state index contributed by atoms with van der Waals surface area (Å²) in [6.45, 7) is 0.